The topological polar surface area (TPSA) is 101 Å². The minimum Gasteiger partial charge on any atom is -0.504 e. The molecule has 1 aromatic carbocycles. The number of methoxy groups -OCH3 is 1. The van der Waals surface area contributed by atoms with Crippen molar-refractivity contribution in [3.63, 3.8) is 0 Å². The standard InChI is InChI=1S/C21H26N4O3/c1-21(2)9-14-19(16(27)10-21)18(12-6-7-15(26)17(8-12)28-5)13(11-22)20(23)25(14)24(3)4/h6-8,13,18,23,26H,9-10H2,1-5H3. The molecule has 0 saturated heterocycles. The number of phenols is 1. The molecule has 2 unspecified atom stereocenters. The highest BCUT2D eigenvalue weighted by atomic mass is 16.5. The van der Waals surface area contributed by atoms with Crippen molar-refractivity contribution in [2.24, 2.45) is 11.3 Å². The van der Waals surface area contributed by atoms with Crippen molar-refractivity contribution in [1.82, 2.24) is 10.0 Å². The summed E-state index contributed by atoms with van der Waals surface area (Å²) in [6.07, 6.45) is 1.03. The van der Waals surface area contributed by atoms with Gasteiger partial charge in [-0.3, -0.25) is 15.2 Å². The molecule has 1 aliphatic heterocycles. The molecule has 148 valence electrons. The van der Waals surface area contributed by atoms with Gasteiger partial charge in [0.1, 0.15) is 11.8 Å². The molecular weight excluding hydrogens is 356 g/mol. The third-order valence-corrected chi connectivity index (χ3v) is 5.42. The fourth-order valence-electron chi connectivity index (χ4n) is 4.28. The lowest BCUT2D eigenvalue weighted by atomic mass is 9.67. The molecule has 1 heterocycles. The van der Waals surface area contributed by atoms with E-state index in [-0.39, 0.29) is 28.5 Å². The first-order chi connectivity index (χ1) is 13.1. The zero-order chi connectivity index (χ0) is 20.8. The summed E-state index contributed by atoms with van der Waals surface area (Å²) < 4.78 is 5.22. The number of nitriles is 1. The Labute approximate surface area is 165 Å². The van der Waals surface area contributed by atoms with Crippen molar-refractivity contribution < 1.29 is 14.6 Å². The number of nitrogens with zero attached hydrogens (tertiary/aromatic N) is 3. The van der Waals surface area contributed by atoms with E-state index in [1.807, 2.05) is 27.9 Å². The van der Waals surface area contributed by atoms with E-state index in [1.165, 1.54) is 13.2 Å². The Bertz CT molecular complexity index is 911. The van der Waals surface area contributed by atoms with Gasteiger partial charge in [-0.1, -0.05) is 19.9 Å². The van der Waals surface area contributed by atoms with Crippen LogP contribution in [0.15, 0.2) is 29.5 Å². The molecule has 28 heavy (non-hydrogen) atoms. The van der Waals surface area contributed by atoms with Crippen molar-refractivity contribution in [2.45, 2.75) is 32.6 Å². The summed E-state index contributed by atoms with van der Waals surface area (Å²) in [6, 6.07) is 7.08. The molecular formula is C21H26N4O3. The number of hydrazine groups is 1. The predicted octanol–water partition coefficient (Wildman–Crippen LogP) is 3.04. The van der Waals surface area contributed by atoms with Gasteiger partial charge >= 0.3 is 0 Å². The Morgan fingerprint density at radius 1 is 1.36 bits per heavy atom. The molecule has 0 fully saturated rings. The summed E-state index contributed by atoms with van der Waals surface area (Å²) in [7, 11) is 5.07. The van der Waals surface area contributed by atoms with Crippen LogP contribution in [0.4, 0.5) is 0 Å². The van der Waals surface area contributed by atoms with Crippen LogP contribution in [0.25, 0.3) is 0 Å². The van der Waals surface area contributed by atoms with E-state index in [1.54, 1.807) is 22.2 Å². The highest BCUT2D eigenvalue weighted by Gasteiger charge is 2.48. The van der Waals surface area contributed by atoms with Gasteiger partial charge in [0.2, 0.25) is 0 Å². The van der Waals surface area contributed by atoms with Crippen LogP contribution in [-0.4, -0.2) is 47.9 Å². The number of ether oxygens (including phenoxy) is 1. The number of phenolic OH excluding ortho intramolecular Hbond substituents is 1. The van der Waals surface area contributed by atoms with Gasteiger partial charge in [0.15, 0.2) is 17.3 Å². The Hall–Kier alpha value is -2.85. The number of nitrogens with one attached hydrogen (secondary N) is 1. The number of benzene rings is 1. The van der Waals surface area contributed by atoms with Gasteiger partial charge in [0.05, 0.1) is 13.2 Å². The molecule has 3 rings (SSSR count). The highest BCUT2D eigenvalue weighted by molar-refractivity contribution is 6.03. The summed E-state index contributed by atoms with van der Waals surface area (Å²) in [5.74, 6) is -0.966. The van der Waals surface area contributed by atoms with Crippen LogP contribution in [0.5, 0.6) is 11.5 Å². The van der Waals surface area contributed by atoms with E-state index in [2.05, 4.69) is 6.07 Å². The first-order valence-corrected chi connectivity index (χ1v) is 9.20. The maximum absolute atomic E-state index is 13.2. The zero-order valence-corrected chi connectivity index (χ0v) is 16.9. The van der Waals surface area contributed by atoms with E-state index in [0.29, 0.717) is 24.0 Å². The van der Waals surface area contributed by atoms with Crippen molar-refractivity contribution in [2.75, 3.05) is 21.2 Å². The number of aromatic hydroxyl groups is 1. The van der Waals surface area contributed by atoms with E-state index < -0.39 is 11.8 Å². The largest absolute Gasteiger partial charge is 0.504 e. The number of rotatable bonds is 3. The SMILES string of the molecule is COc1cc(C2C3=C(CC(C)(C)CC3=O)N(N(C)C)C(=N)C2C#N)ccc1O. The average molecular weight is 382 g/mol. The maximum atomic E-state index is 13.2. The Kier molecular flexibility index (Phi) is 4.94. The molecule has 7 nitrogen and oxygen atoms in total. The van der Waals surface area contributed by atoms with Gasteiger partial charge in [-0.2, -0.15) is 5.26 Å². The average Bonchev–Trinajstić information content (AvgIpc) is 2.59. The normalized spacial score (nSPS) is 24.2. The van der Waals surface area contributed by atoms with Crippen LogP contribution >= 0.6 is 0 Å². The number of allylic oxidation sites excluding steroid dienone is 2. The fourth-order valence-corrected chi connectivity index (χ4v) is 4.28. The monoisotopic (exact) mass is 382 g/mol. The van der Waals surface area contributed by atoms with Gasteiger partial charge in [0, 0.05) is 37.7 Å². The number of Topliss-reactive ketones (excluding diaryl/α,β-unsaturated/α-hetero) is 1. The first-order valence-electron chi connectivity index (χ1n) is 9.20. The van der Waals surface area contributed by atoms with Crippen LogP contribution in [0.3, 0.4) is 0 Å². The lowest BCUT2D eigenvalue weighted by molar-refractivity contribution is -0.119. The first kappa shape index (κ1) is 19.9. The van der Waals surface area contributed by atoms with Gasteiger partial charge < -0.3 is 9.84 Å². The summed E-state index contributed by atoms with van der Waals surface area (Å²) in [6.45, 7) is 4.09. The molecule has 2 aliphatic rings. The van der Waals surface area contributed by atoms with E-state index in [0.717, 1.165) is 5.70 Å². The Balaban J connectivity index is 2.28. The number of hydrogen-bond acceptors (Lipinski definition) is 6. The van der Waals surface area contributed by atoms with Gasteiger partial charge in [-0.25, -0.2) is 5.01 Å². The number of carbonyl (C=O) groups is 1. The van der Waals surface area contributed by atoms with Gasteiger partial charge in [0.25, 0.3) is 0 Å². The van der Waals surface area contributed by atoms with Crippen LogP contribution < -0.4 is 4.74 Å². The molecule has 1 aromatic rings. The number of ketones is 1. The maximum Gasteiger partial charge on any atom is 0.161 e. The van der Waals surface area contributed by atoms with E-state index in [4.69, 9.17) is 10.1 Å². The summed E-state index contributed by atoms with van der Waals surface area (Å²) in [4.78, 5) is 13.2. The molecule has 7 heteroatoms. The van der Waals surface area contributed by atoms with Gasteiger partial charge in [-0.05, 0) is 29.5 Å². The lowest BCUT2D eigenvalue weighted by Crippen LogP contribution is -2.52. The molecule has 0 aromatic heterocycles. The van der Waals surface area contributed by atoms with Crippen molar-refractivity contribution >= 4 is 11.6 Å². The number of hydrogen-bond donors (Lipinski definition) is 2. The second-order valence-electron chi connectivity index (χ2n) is 8.36. The zero-order valence-electron chi connectivity index (χ0n) is 16.9. The minimum atomic E-state index is -0.819. The fraction of sp³-hybridized carbons (Fsp3) is 0.476. The summed E-state index contributed by atoms with van der Waals surface area (Å²) >= 11 is 0. The molecule has 0 radical (unpaired) electrons. The third-order valence-electron chi connectivity index (χ3n) is 5.42. The highest BCUT2D eigenvalue weighted by Crippen LogP contribution is 2.49. The van der Waals surface area contributed by atoms with Crippen molar-refractivity contribution in [3.8, 4) is 17.6 Å². The minimum absolute atomic E-state index is 0.00268. The quantitative estimate of drug-likeness (QED) is 0.833. The second-order valence-corrected chi connectivity index (χ2v) is 8.36. The van der Waals surface area contributed by atoms with Crippen molar-refractivity contribution in [1.29, 1.82) is 10.7 Å². The predicted molar refractivity (Wildman–Crippen MR) is 105 cm³/mol. The van der Waals surface area contributed by atoms with Crippen molar-refractivity contribution in [3.05, 3.63) is 35.0 Å². The van der Waals surface area contributed by atoms with Crippen LogP contribution in [0.1, 0.15) is 38.2 Å². The summed E-state index contributed by atoms with van der Waals surface area (Å²) in [5, 5.41) is 32.0. The summed E-state index contributed by atoms with van der Waals surface area (Å²) in [5.41, 5.74) is 1.83. The Morgan fingerprint density at radius 2 is 2.04 bits per heavy atom. The Morgan fingerprint density at radius 3 is 2.61 bits per heavy atom. The second kappa shape index (κ2) is 6.95. The molecule has 0 saturated carbocycles. The molecule has 0 spiro atoms. The molecule has 0 amide bonds. The van der Waals surface area contributed by atoms with E-state index in [9.17, 15) is 15.2 Å². The van der Waals surface area contributed by atoms with E-state index >= 15 is 0 Å². The lowest BCUT2D eigenvalue weighted by Gasteiger charge is -2.47. The molecule has 2 atom stereocenters. The van der Waals surface area contributed by atoms with Gasteiger partial charge in [-0.15, -0.1) is 0 Å². The third kappa shape index (κ3) is 3.14. The van der Waals surface area contributed by atoms with Crippen LogP contribution in [-0.2, 0) is 4.79 Å². The molecule has 1 aliphatic carbocycles. The molecule has 0 bridgehead atoms. The smallest absolute Gasteiger partial charge is 0.161 e. The van der Waals surface area contributed by atoms with Crippen LogP contribution in [0.2, 0.25) is 0 Å². The molecule has 2 N–H and O–H groups in total. The number of carbonyl (C=O) groups excluding carboxylic acids is 1. The van der Waals surface area contributed by atoms with Crippen LogP contribution in [0, 0.1) is 28.1 Å². The number of amidine groups is 1.